The second kappa shape index (κ2) is 13.2. The van der Waals surface area contributed by atoms with Gasteiger partial charge in [0.25, 0.3) is 0 Å². The molecule has 2 atom stereocenters. The molecule has 2 fully saturated rings. The van der Waals surface area contributed by atoms with Crippen LogP contribution in [0, 0.1) is 23.7 Å². The molecule has 0 radical (unpaired) electrons. The fraction of sp³-hybridized carbons (Fsp3) is 1.00. The van der Waals surface area contributed by atoms with Crippen LogP contribution in [0.4, 0.5) is 0 Å². The Balaban J connectivity index is 0. The van der Waals surface area contributed by atoms with Gasteiger partial charge in [-0.05, 0) is 49.5 Å². The maximum Gasteiger partial charge on any atom is 0 e. The van der Waals surface area contributed by atoms with Crippen LogP contribution in [0.5, 0.6) is 0 Å². The maximum absolute atomic E-state index is 5.41. The van der Waals surface area contributed by atoms with Gasteiger partial charge in [-0.2, -0.15) is 0 Å². The van der Waals surface area contributed by atoms with Crippen LogP contribution in [-0.4, -0.2) is 6.54 Å². The van der Waals surface area contributed by atoms with Crippen LogP contribution in [0.1, 0.15) is 86.0 Å². The third-order valence-corrected chi connectivity index (χ3v) is 5.08. The Morgan fingerprint density at radius 1 is 1.00 bits per heavy atom. The number of hydrogen-bond acceptors (Lipinski definition) is 1. The van der Waals surface area contributed by atoms with E-state index in [1.165, 1.54) is 57.8 Å². The minimum Gasteiger partial charge on any atom is -0.330 e. The molecule has 1 nitrogen and oxygen atoms in total. The molecular weight excluding hydrogens is 286 g/mol. The van der Waals surface area contributed by atoms with Crippen molar-refractivity contribution in [1.82, 2.24) is 0 Å². The average Bonchev–Trinajstić information content (AvgIpc) is 2.97. The van der Waals surface area contributed by atoms with Crippen LogP contribution < -0.4 is 5.73 Å². The first-order valence-corrected chi connectivity index (χ1v) is 8.35. The average molecular weight is 325 g/mol. The van der Waals surface area contributed by atoms with Crippen molar-refractivity contribution in [1.29, 1.82) is 0 Å². The number of rotatable bonds is 4. The first kappa shape index (κ1) is 22.8. The van der Waals surface area contributed by atoms with Gasteiger partial charge in [-0.15, -0.1) is 0 Å². The molecule has 2 aliphatic carbocycles. The molecule has 124 valence electrons. The van der Waals surface area contributed by atoms with Crippen molar-refractivity contribution in [3.05, 3.63) is 0 Å². The Bertz CT molecular complexity index is 200. The molecule has 0 saturated heterocycles. The van der Waals surface area contributed by atoms with Crippen molar-refractivity contribution < 1.29 is 17.1 Å². The van der Waals surface area contributed by atoms with Crippen molar-refractivity contribution >= 4 is 0 Å². The fourth-order valence-electron chi connectivity index (χ4n) is 3.87. The van der Waals surface area contributed by atoms with Crippen LogP contribution in [0.3, 0.4) is 0 Å². The molecule has 0 aliphatic heterocycles. The summed E-state index contributed by atoms with van der Waals surface area (Å²) in [5, 5.41) is 0. The second-order valence-corrected chi connectivity index (χ2v) is 6.90. The van der Waals surface area contributed by atoms with Crippen LogP contribution >= 0.6 is 0 Å². The van der Waals surface area contributed by atoms with E-state index in [-0.39, 0.29) is 24.5 Å². The van der Waals surface area contributed by atoms with E-state index in [2.05, 4.69) is 20.8 Å². The fourth-order valence-corrected chi connectivity index (χ4v) is 3.87. The minimum absolute atomic E-state index is 0. The van der Waals surface area contributed by atoms with E-state index in [0.29, 0.717) is 0 Å². The Morgan fingerprint density at radius 3 is 1.95 bits per heavy atom. The summed E-state index contributed by atoms with van der Waals surface area (Å²) in [5.74, 6) is 3.99. The van der Waals surface area contributed by atoms with E-state index in [0.717, 1.165) is 30.2 Å². The maximum atomic E-state index is 5.41. The first-order chi connectivity index (χ1) is 8.65. The molecule has 2 heteroatoms. The second-order valence-electron chi connectivity index (χ2n) is 6.90. The molecule has 20 heavy (non-hydrogen) atoms. The number of hydrogen-bond donors (Lipinski definition) is 1. The summed E-state index contributed by atoms with van der Waals surface area (Å²) in [7, 11) is 0. The molecule has 0 aromatic heterocycles. The molecule has 0 bridgehead atoms. The summed E-state index contributed by atoms with van der Waals surface area (Å²) in [6, 6.07) is 0. The van der Waals surface area contributed by atoms with Gasteiger partial charge in [0.2, 0.25) is 0 Å². The number of nitrogens with two attached hydrogens (primary N) is 1. The van der Waals surface area contributed by atoms with Crippen molar-refractivity contribution in [2.45, 2.75) is 86.0 Å². The van der Waals surface area contributed by atoms with Gasteiger partial charge in [0, 0.05) is 17.1 Å². The monoisotopic (exact) mass is 325 g/mol. The van der Waals surface area contributed by atoms with E-state index in [1.54, 1.807) is 0 Å². The summed E-state index contributed by atoms with van der Waals surface area (Å²) in [4.78, 5) is 0. The molecule has 0 amide bonds. The molecule has 0 aromatic rings. The van der Waals surface area contributed by atoms with Crippen LogP contribution in [0.25, 0.3) is 0 Å². The van der Waals surface area contributed by atoms with E-state index in [1.807, 2.05) is 0 Å². The zero-order valence-electron chi connectivity index (χ0n) is 13.3. The summed E-state index contributed by atoms with van der Waals surface area (Å²) < 4.78 is 0. The van der Waals surface area contributed by atoms with E-state index in [9.17, 15) is 0 Å². The largest absolute Gasteiger partial charge is 0.330 e. The topological polar surface area (TPSA) is 26.0 Å². The zero-order chi connectivity index (χ0) is 13.4. The Hall–Kier alpha value is 0.479. The van der Waals surface area contributed by atoms with Gasteiger partial charge in [-0.1, -0.05) is 66.7 Å². The molecule has 0 heterocycles. The van der Waals surface area contributed by atoms with Gasteiger partial charge >= 0.3 is 0 Å². The van der Waals surface area contributed by atoms with Gasteiger partial charge < -0.3 is 5.73 Å². The molecule has 2 aliphatic rings. The summed E-state index contributed by atoms with van der Waals surface area (Å²) in [6.07, 6.45) is 12.9. The van der Waals surface area contributed by atoms with Crippen LogP contribution in [0.2, 0.25) is 0 Å². The summed E-state index contributed by atoms with van der Waals surface area (Å²) >= 11 is 0. The molecule has 2 unspecified atom stereocenters. The van der Waals surface area contributed by atoms with Gasteiger partial charge in [0.05, 0.1) is 0 Å². The molecule has 0 spiro atoms. The van der Waals surface area contributed by atoms with Crippen molar-refractivity contribution in [2.75, 3.05) is 6.54 Å². The van der Waals surface area contributed by atoms with E-state index >= 15 is 0 Å². The molecule has 2 N–H and O–H groups in total. The van der Waals surface area contributed by atoms with Gasteiger partial charge in [0.1, 0.15) is 0 Å². The van der Waals surface area contributed by atoms with Crippen LogP contribution in [-0.2, 0) is 17.1 Å². The Morgan fingerprint density at radius 2 is 1.60 bits per heavy atom. The molecule has 0 aromatic carbocycles. The third-order valence-electron chi connectivity index (χ3n) is 5.08. The summed E-state index contributed by atoms with van der Waals surface area (Å²) in [6.45, 7) is 7.99. The Kier molecular flexibility index (Phi) is 15.0. The van der Waals surface area contributed by atoms with Crippen LogP contribution in [0.15, 0.2) is 0 Å². The van der Waals surface area contributed by atoms with Crippen molar-refractivity contribution in [3.63, 3.8) is 0 Å². The van der Waals surface area contributed by atoms with E-state index in [4.69, 9.17) is 5.73 Å². The van der Waals surface area contributed by atoms with E-state index < -0.39 is 0 Å². The van der Waals surface area contributed by atoms with Gasteiger partial charge in [-0.3, -0.25) is 0 Å². The van der Waals surface area contributed by atoms with Crippen molar-refractivity contribution in [3.8, 4) is 0 Å². The Labute approximate surface area is 139 Å². The molecular formula is C18H39FeN. The third kappa shape index (κ3) is 8.70. The first-order valence-electron chi connectivity index (χ1n) is 8.35. The SMILES string of the molecule is C.CC(C)C1CCCC1C.NCCCC1CCCC1.[Fe]. The predicted molar refractivity (Wildman–Crippen MR) is 88.3 cm³/mol. The van der Waals surface area contributed by atoms with Gasteiger partial charge in [0.15, 0.2) is 0 Å². The quantitative estimate of drug-likeness (QED) is 0.666. The molecule has 2 rings (SSSR count). The zero-order valence-corrected chi connectivity index (χ0v) is 14.4. The van der Waals surface area contributed by atoms with Gasteiger partial charge in [-0.25, -0.2) is 0 Å². The standard InChI is InChI=1S/C9H18.C8H17N.CH4.Fe/c1-7(2)9-6-4-5-8(9)3;9-7-3-6-8-4-1-2-5-8;;/h7-9H,4-6H2,1-3H3;8H,1-7,9H2;1H4;. The summed E-state index contributed by atoms with van der Waals surface area (Å²) in [5.41, 5.74) is 5.41. The molecule has 2 saturated carbocycles. The smallest absolute Gasteiger partial charge is 0 e. The normalized spacial score (nSPS) is 25.6. The predicted octanol–water partition coefficient (Wildman–Crippen LogP) is 5.63. The minimum atomic E-state index is 0. The van der Waals surface area contributed by atoms with Crippen molar-refractivity contribution in [2.24, 2.45) is 29.4 Å².